The number of carbonyl (C=O) groups is 2. The maximum absolute atomic E-state index is 13.4. The Morgan fingerprint density at radius 2 is 1.60 bits per heavy atom. The smallest absolute Gasteiger partial charge is 0.313 e. The number of rotatable bonds is 2. The van der Waals surface area contributed by atoms with Crippen molar-refractivity contribution in [2.24, 2.45) is 27.1 Å². The number of esters is 1. The monoisotopic (exact) mass is 347 g/mol. The molecule has 0 aromatic heterocycles. The Morgan fingerprint density at radius 3 is 2.00 bits per heavy atom. The molecule has 4 aliphatic rings. The molecule has 1 heterocycles. The largest absolute Gasteiger partial charge is 0.448 e. The van der Waals surface area contributed by atoms with Crippen LogP contribution in [0.15, 0.2) is 0 Å². The van der Waals surface area contributed by atoms with Gasteiger partial charge in [-0.2, -0.15) is 0 Å². The Balaban J connectivity index is 1.64. The van der Waals surface area contributed by atoms with Crippen LogP contribution in [0.3, 0.4) is 0 Å². The first-order valence-electron chi connectivity index (χ1n) is 9.82. The third-order valence-electron chi connectivity index (χ3n) is 10.3. The lowest BCUT2D eigenvalue weighted by molar-refractivity contribution is -0.169. The molecule has 4 heteroatoms. The van der Waals surface area contributed by atoms with Gasteiger partial charge in [0.25, 0.3) is 5.91 Å². The fourth-order valence-electron chi connectivity index (χ4n) is 6.73. The Morgan fingerprint density at radius 1 is 0.960 bits per heavy atom. The predicted molar refractivity (Wildman–Crippen MR) is 95.7 cm³/mol. The average Bonchev–Trinajstić information content (AvgIpc) is 2.94. The van der Waals surface area contributed by atoms with Crippen molar-refractivity contribution in [3.63, 3.8) is 0 Å². The van der Waals surface area contributed by atoms with Crippen LogP contribution in [0.5, 0.6) is 0 Å². The van der Waals surface area contributed by atoms with Gasteiger partial charge >= 0.3 is 5.97 Å². The number of hydrogen-bond donors (Lipinski definition) is 1. The molecule has 25 heavy (non-hydrogen) atoms. The lowest BCUT2D eigenvalue weighted by Gasteiger charge is -2.42. The number of carbonyl (C=O) groups excluding carboxylic acids is 2. The molecule has 4 bridgehead atoms. The minimum Gasteiger partial charge on any atom is -0.448 e. The van der Waals surface area contributed by atoms with E-state index in [0.29, 0.717) is 6.42 Å². The van der Waals surface area contributed by atoms with Gasteiger partial charge in [0.15, 0.2) is 5.60 Å². The van der Waals surface area contributed by atoms with Gasteiger partial charge in [-0.15, -0.1) is 0 Å². The van der Waals surface area contributed by atoms with Gasteiger partial charge in [-0.1, -0.05) is 41.5 Å². The summed E-state index contributed by atoms with van der Waals surface area (Å²) in [6.45, 7) is 15.4. The summed E-state index contributed by atoms with van der Waals surface area (Å²) >= 11 is 0. The van der Waals surface area contributed by atoms with E-state index in [2.05, 4.69) is 33.0 Å². The molecule has 0 radical (unpaired) electrons. The molecule has 1 N–H and O–H groups in total. The molecule has 3 aliphatic carbocycles. The summed E-state index contributed by atoms with van der Waals surface area (Å²) in [5, 5.41) is 3.37. The molecule has 0 aromatic carbocycles. The van der Waals surface area contributed by atoms with E-state index in [-0.39, 0.29) is 34.2 Å². The van der Waals surface area contributed by atoms with Crippen molar-refractivity contribution in [3.05, 3.63) is 0 Å². The number of nitrogens with one attached hydrogen (secondary N) is 1. The van der Waals surface area contributed by atoms with Crippen LogP contribution in [0.2, 0.25) is 0 Å². The summed E-state index contributed by atoms with van der Waals surface area (Å²) in [4.78, 5) is 25.9. The van der Waals surface area contributed by atoms with E-state index in [4.69, 9.17) is 4.74 Å². The van der Waals surface area contributed by atoms with Crippen LogP contribution >= 0.6 is 0 Å². The number of hydrogen-bond acceptors (Lipinski definition) is 3. The first kappa shape index (κ1) is 17.4. The first-order chi connectivity index (χ1) is 11.3. The third-order valence-corrected chi connectivity index (χ3v) is 10.3. The second-order valence-corrected chi connectivity index (χ2v) is 11.0. The van der Waals surface area contributed by atoms with Crippen molar-refractivity contribution in [1.82, 2.24) is 5.32 Å². The lowest BCUT2D eigenvalue weighted by atomic mass is 9.65. The summed E-state index contributed by atoms with van der Waals surface area (Å²) in [6.07, 6.45) is 4.77. The van der Waals surface area contributed by atoms with Crippen LogP contribution in [0.4, 0.5) is 0 Å². The van der Waals surface area contributed by atoms with Crippen LogP contribution in [0.25, 0.3) is 0 Å². The van der Waals surface area contributed by atoms with Gasteiger partial charge in [0.2, 0.25) is 0 Å². The van der Waals surface area contributed by atoms with E-state index in [1.165, 1.54) is 6.42 Å². The van der Waals surface area contributed by atoms with Gasteiger partial charge in [0.05, 0.1) is 5.41 Å². The van der Waals surface area contributed by atoms with Crippen molar-refractivity contribution in [3.8, 4) is 0 Å². The Bertz CT molecular complexity index is 683. The molecule has 5 unspecified atom stereocenters. The van der Waals surface area contributed by atoms with Gasteiger partial charge in [0.1, 0.15) is 0 Å². The van der Waals surface area contributed by atoms with E-state index in [9.17, 15) is 9.59 Å². The zero-order chi connectivity index (χ0) is 18.7. The first-order valence-corrected chi connectivity index (χ1v) is 9.82. The highest BCUT2D eigenvalue weighted by Gasteiger charge is 2.76. The molecule has 1 amide bonds. The summed E-state index contributed by atoms with van der Waals surface area (Å²) < 4.78 is 5.78. The molecule has 140 valence electrons. The summed E-state index contributed by atoms with van der Waals surface area (Å²) in [5.41, 5.74) is -1.46. The quantitative estimate of drug-likeness (QED) is 0.772. The van der Waals surface area contributed by atoms with Crippen molar-refractivity contribution in [1.29, 1.82) is 0 Å². The molecule has 3 saturated carbocycles. The number of fused-ring (bicyclic) bond motifs is 4. The standard InChI is InChI=1S/C21H33NO3/c1-16(2)18(5)8-9-19(16,6)13(12-18)22-14(23)21-11-10-20(7,15(24)25-21)17(21,3)4/h13H,8-12H2,1-7H3,(H,22,23). The highest BCUT2D eigenvalue weighted by molar-refractivity contribution is 5.96. The minimum atomic E-state index is -0.998. The SMILES string of the molecule is CC12CCC(C)(C(NC(=O)C34CCC(C)(C(=O)O3)C4(C)C)C1)C2(C)C. The molecular weight excluding hydrogens is 314 g/mol. The van der Waals surface area contributed by atoms with E-state index >= 15 is 0 Å². The molecule has 1 saturated heterocycles. The average molecular weight is 347 g/mol. The molecular formula is C21H33NO3. The molecule has 5 atom stereocenters. The molecule has 4 rings (SSSR count). The maximum atomic E-state index is 13.4. The van der Waals surface area contributed by atoms with Crippen LogP contribution < -0.4 is 5.32 Å². The van der Waals surface area contributed by atoms with Crippen LogP contribution in [-0.2, 0) is 14.3 Å². The normalized spacial score (nSPS) is 51.6. The second kappa shape index (κ2) is 4.26. The number of ether oxygens (including phenoxy) is 1. The van der Waals surface area contributed by atoms with Crippen LogP contribution in [0, 0.1) is 27.1 Å². The summed E-state index contributed by atoms with van der Waals surface area (Å²) in [5.74, 6) is -0.268. The zero-order valence-corrected chi connectivity index (χ0v) is 16.8. The van der Waals surface area contributed by atoms with Crippen molar-refractivity contribution >= 4 is 11.9 Å². The Hall–Kier alpha value is -1.06. The third kappa shape index (κ3) is 1.54. The van der Waals surface area contributed by atoms with Crippen molar-refractivity contribution in [2.75, 3.05) is 0 Å². The predicted octanol–water partition coefficient (Wildman–Crippen LogP) is 3.83. The van der Waals surface area contributed by atoms with E-state index < -0.39 is 16.4 Å². The van der Waals surface area contributed by atoms with E-state index in [0.717, 1.165) is 19.3 Å². The lowest BCUT2D eigenvalue weighted by Crippen LogP contribution is -2.58. The van der Waals surface area contributed by atoms with Gasteiger partial charge < -0.3 is 10.1 Å². The molecule has 0 spiro atoms. The number of amides is 1. The fourth-order valence-corrected chi connectivity index (χ4v) is 6.73. The van der Waals surface area contributed by atoms with E-state index in [1.807, 2.05) is 20.8 Å². The highest BCUT2D eigenvalue weighted by atomic mass is 16.6. The molecule has 4 nitrogen and oxygen atoms in total. The van der Waals surface area contributed by atoms with Gasteiger partial charge in [-0.3, -0.25) is 9.59 Å². The van der Waals surface area contributed by atoms with Crippen molar-refractivity contribution in [2.45, 2.75) is 92.2 Å². The summed E-state index contributed by atoms with van der Waals surface area (Å²) in [7, 11) is 0. The molecule has 4 fully saturated rings. The van der Waals surface area contributed by atoms with Crippen molar-refractivity contribution < 1.29 is 14.3 Å². The minimum absolute atomic E-state index is 0.0646. The topological polar surface area (TPSA) is 55.4 Å². The summed E-state index contributed by atoms with van der Waals surface area (Å²) in [6, 6.07) is 0.157. The highest BCUT2D eigenvalue weighted by Crippen LogP contribution is 2.72. The fraction of sp³-hybridized carbons (Fsp3) is 0.905. The maximum Gasteiger partial charge on any atom is 0.313 e. The van der Waals surface area contributed by atoms with Gasteiger partial charge in [0, 0.05) is 11.5 Å². The molecule has 1 aliphatic heterocycles. The van der Waals surface area contributed by atoms with E-state index in [1.54, 1.807) is 0 Å². The zero-order valence-electron chi connectivity index (χ0n) is 16.8. The Labute approximate surface area is 151 Å². The van der Waals surface area contributed by atoms with Crippen LogP contribution in [0.1, 0.15) is 80.6 Å². The van der Waals surface area contributed by atoms with Gasteiger partial charge in [-0.05, 0) is 55.3 Å². The Kier molecular flexibility index (Phi) is 2.95. The van der Waals surface area contributed by atoms with Crippen LogP contribution in [-0.4, -0.2) is 23.5 Å². The molecule has 0 aromatic rings. The van der Waals surface area contributed by atoms with Gasteiger partial charge in [-0.25, -0.2) is 0 Å². The second-order valence-electron chi connectivity index (χ2n) is 11.0.